The number of carboxylic acids is 1. The molecule has 1 aromatic heterocycles. The first kappa shape index (κ1) is 13.1. The highest BCUT2D eigenvalue weighted by Gasteiger charge is 2.12. The maximum absolute atomic E-state index is 11.1. The summed E-state index contributed by atoms with van der Waals surface area (Å²) in [7, 11) is 0. The van der Waals surface area contributed by atoms with E-state index >= 15 is 0 Å². The smallest absolute Gasteiger partial charge is 0.339 e. The number of aromatic nitrogens is 1. The highest BCUT2D eigenvalue weighted by atomic mass is 16.4. The number of carbonyl (C=O) groups is 1. The van der Waals surface area contributed by atoms with Crippen molar-refractivity contribution in [2.45, 2.75) is 19.9 Å². The molecule has 0 saturated heterocycles. The zero-order valence-electron chi connectivity index (χ0n) is 10.9. The molecule has 19 heavy (non-hydrogen) atoms. The van der Waals surface area contributed by atoms with Gasteiger partial charge in [0.25, 0.3) is 0 Å². The second-order valence-corrected chi connectivity index (χ2v) is 4.50. The van der Waals surface area contributed by atoms with Gasteiger partial charge in [-0.2, -0.15) is 0 Å². The molecule has 0 saturated carbocycles. The topological polar surface area (TPSA) is 62.2 Å². The van der Waals surface area contributed by atoms with Crippen LogP contribution in [0.15, 0.2) is 42.7 Å². The molecular weight excluding hydrogens is 240 g/mol. The highest BCUT2D eigenvalue weighted by molar-refractivity contribution is 5.93. The van der Waals surface area contributed by atoms with Crippen molar-refractivity contribution < 1.29 is 9.90 Å². The van der Waals surface area contributed by atoms with E-state index in [2.05, 4.69) is 10.3 Å². The van der Waals surface area contributed by atoms with Gasteiger partial charge in [0.2, 0.25) is 0 Å². The van der Waals surface area contributed by atoms with E-state index in [1.807, 2.05) is 38.1 Å². The molecule has 0 bridgehead atoms. The van der Waals surface area contributed by atoms with E-state index in [0.717, 1.165) is 5.56 Å². The lowest BCUT2D eigenvalue weighted by atomic mass is 10.1. The fourth-order valence-electron chi connectivity index (χ4n) is 1.86. The highest BCUT2D eigenvalue weighted by Crippen LogP contribution is 2.22. The fourth-order valence-corrected chi connectivity index (χ4v) is 1.86. The van der Waals surface area contributed by atoms with Gasteiger partial charge in [-0.1, -0.05) is 29.8 Å². The van der Waals surface area contributed by atoms with E-state index in [-0.39, 0.29) is 11.6 Å². The first-order chi connectivity index (χ1) is 9.08. The lowest BCUT2D eigenvalue weighted by molar-refractivity contribution is 0.0697. The summed E-state index contributed by atoms with van der Waals surface area (Å²) in [4.78, 5) is 14.9. The monoisotopic (exact) mass is 256 g/mol. The minimum Gasteiger partial charge on any atom is -0.478 e. The molecule has 1 unspecified atom stereocenters. The van der Waals surface area contributed by atoms with Gasteiger partial charge in [0, 0.05) is 18.4 Å². The molecule has 1 heterocycles. The van der Waals surface area contributed by atoms with Crippen molar-refractivity contribution in [2.24, 2.45) is 0 Å². The SMILES string of the molecule is Cc1ccc(C(C)Nc2ccncc2C(=O)O)cc1. The average Bonchev–Trinajstić information content (AvgIpc) is 2.39. The minimum atomic E-state index is -0.980. The van der Waals surface area contributed by atoms with Crippen LogP contribution < -0.4 is 5.32 Å². The number of hydrogen-bond acceptors (Lipinski definition) is 3. The van der Waals surface area contributed by atoms with Gasteiger partial charge in [-0.25, -0.2) is 4.79 Å². The maximum Gasteiger partial charge on any atom is 0.339 e. The van der Waals surface area contributed by atoms with Crippen LogP contribution in [0.5, 0.6) is 0 Å². The number of nitrogens with zero attached hydrogens (tertiary/aromatic N) is 1. The fraction of sp³-hybridized carbons (Fsp3) is 0.200. The number of aryl methyl sites for hydroxylation is 1. The van der Waals surface area contributed by atoms with E-state index in [4.69, 9.17) is 5.11 Å². The largest absolute Gasteiger partial charge is 0.478 e. The molecule has 2 rings (SSSR count). The van der Waals surface area contributed by atoms with Crippen LogP contribution in [0, 0.1) is 6.92 Å². The summed E-state index contributed by atoms with van der Waals surface area (Å²) in [6, 6.07) is 9.86. The predicted octanol–water partition coefficient (Wildman–Crippen LogP) is 3.26. The summed E-state index contributed by atoms with van der Waals surface area (Å²) < 4.78 is 0. The standard InChI is InChI=1S/C15H16N2O2/c1-10-3-5-12(6-4-10)11(2)17-14-7-8-16-9-13(14)15(18)19/h3-9,11H,1-2H3,(H,16,17)(H,18,19). The Kier molecular flexibility index (Phi) is 3.80. The zero-order chi connectivity index (χ0) is 13.8. The van der Waals surface area contributed by atoms with Crippen LogP contribution in [0.3, 0.4) is 0 Å². The molecule has 2 N–H and O–H groups in total. The number of hydrogen-bond donors (Lipinski definition) is 2. The predicted molar refractivity (Wildman–Crippen MR) is 74.4 cm³/mol. The van der Waals surface area contributed by atoms with Gasteiger partial charge in [0.05, 0.1) is 5.69 Å². The van der Waals surface area contributed by atoms with E-state index in [1.54, 1.807) is 12.3 Å². The molecule has 4 nitrogen and oxygen atoms in total. The third-order valence-corrected chi connectivity index (χ3v) is 3.00. The van der Waals surface area contributed by atoms with Crippen LogP contribution in [0.25, 0.3) is 0 Å². The molecule has 98 valence electrons. The number of benzene rings is 1. The average molecular weight is 256 g/mol. The molecular formula is C15H16N2O2. The van der Waals surface area contributed by atoms with E-state index in [9.17, 15) is 4.79 Å². The second-order valence-electron chi connectivity index (χ2n) is 4.50. The van der Waals surface area contributed by atoms with Crippen molar-refractivity contribution in [2.75, 3.05) is 5.32 Å². The summed E-state index contributed by atoms with van der Waals surface area (Å²) in [5.41, 5.74) is 3.07. The van der Waals surface area contributed by atoms with Crippen molar-refractivity contribution in [1.29, 1.82) is 0 Å². The number of rotatable bonds is 4. The molecule has 2 aromatic rings. The number of pyridine rings is 1. The Morgan fingerprint density at radius 1 is 1.26 bits per heavy atom. The van der Waals surface area contributed by atoms with Gasteiger partial charge in [-0.15, -0.1) is 0 Å². The molecule has 0 aliphatic rings. The van der Waals surface area contributed by atoms with Crippen molar-refractivity contribution in [1.82, 2.24) is 4.98 Å². The van der Waals surface area contributed by atoms with Crippen molar-refractivity contribution in [3.63, 3.8) is 0 Å². The van der Waals surface area contributed by atoms with E-state index in [0.29, 0.717) is 5.69 Å². The summed E-state index contributed by atoms with van der Waals surface area (Å²) in [5, 5.41) is 12.3. The van der Waals surface area contributed by atoms with Crippen LogP contribution in [-0.2, 0) is 0 Å². The van der Waals surface area contributed by atoms with Crippen LogP contribution >= 0.6 is 0 Å². The second kappa shape index (κ2) is 5.52. The molecule has 1 aromatic carbocycles. The number of anilines is 1. The molecule has 0 radical (unpaired) electrons. The van der Waals surface area contributed by atoms with Gasteiger partial charge in [0.1, 0.15) is 5.56 Å². The Hall–Kier alpha value is -2.36. The Labute approximate surface area is 112 Å². The first-order valence-corrected chi connectivity index (χ1v) is 6.08. The number of carboxylic acid groups (broad SMARTS) is 1. The Morgan fingerprint density at radius 2 is 1.95 bits per heavy atom. The third-order valence-electron chi connectivity index (χ3n) is 3.00. The van der Waals surface area contributed by atoms with Gasteiger partial charge in [-0.3, -0.25) is 4.98 Å². The zero-order valence-corrected chi connectivity index (χ0v) is 10.9. The summed E-state index contributed by atoms with van der Waals surface area (Å²) in [6.45, 7) is 4.03. The molecule has 0 amide bonds. The number of aromatic carboxylic acids is 1. The summed E-state index contributed by atoms with van der Waals surface area (Å²) >= 11 is 0. The van der Waals surface area contributed by atoms with E-state index in [1.165, 1.54) is 11.8 Å². The molecule has 0 fully saturated rings. The first-order valence-electron chi connectivity index (χ1n) is 6.08. The van der Waals surface area contributed by atoms with Gasteiger partial charge < -0.3 is 10.4 Å². The summed E-state index contributed by atoms with van der Waals surface area (Å²) in [5.74, 6) is -0.980. The Balaban J connectivity index is 2.21. The Morgan fingerprint density at radius 3 is 2.58 bits per heavy atom. The van der Waals surface area contributed by atoms with E-state index < -0.39 is 5.97 Å². The molecule has 0 spiro atoms. The Bertz CT molecular complexity index is 579. The molecule has 0 aliphatic carbocycles. The molecule has 4 heteroatoms. The van der Waals surface area contributed by atoms with Gasteiger partial charge in [-0.05, 0) is 25.5 Å². The quantitative estimate of drug-likeness (QED) is 0.881. The van der Waals surface area contributed by atoms with Crippen LogP contribution in [0.2, 0.25) is 0 Å². The van der Waals surface area contributed by atoms with Crippen molar-refractivity contribution >= 4 is 11.7 Å². The lowest BCUT2D eigenvalue weighted by Crippen LogP contribution is -2.11. The summed E-state index contributed by atoms with van der Waals surface area (Å²) in [6.07, 6.45) is 2.93. The minimum absolute atomic E-state index is 0.0288. The molecule has 0 aliphatic heterocycles. The van der Waals surface area contributed by atoms with Gasteiger partial charge >= 0.3 is 5.97 Å². The number of nitrogens with one attached hydrogen (secondary N) is 1. The van der Waals surface area contributed by atoms with Crippen LogP contribution in [0.1, 0.15) is 34.5 Å². The van der Waals surface area contributed by atoms with Crippen molar-refractivity contribution in [3.8, 4) is 0 Å². The van der Waals surface area contributed by atoms with Crippen LogP contribution in [0.4, 0.5) is 5.69 Å². The maximum atomic E-state index is 11.1. The van der Waals surface area contributed by atoms with Crippen molar-refractivity contribution in [3.05, 3.63) is 59.4 Å². The molecule has 1 atom stereocenters. The normalized spacial score (nSPS) is 11.9. The van der Waals surface area contributed by atoms with Crippen LogP contribution in [-0.4, -0.2) is 16.1 Å². The lowest BCUT2D eigenvalue weighted by Gasteiger charge is -2.17. The third kappa shape index (κ3) is 3.10. The van der Waals surface area contributed by atoms with Gasteiger partial charge in [0.15, 0.2) is 0 Å².